The van der Waals surface area contributed by atoms with Crippen molar-refractivity contribution < 1.29 is 179 Å². The number of ether oxygens (including phenoxy) is 11. The fourth-order valence-electron chi connectivity index (χ4n) is 10.0. The molecule has 31 atom stereocenters. The van der Waals surface area contributed by atoms with E-state index in [4.69, 9.17) is 63.6 Å². The summed E-state index contributed by atoms with van der Waals surface area (Å²) in [5.74, 6) is -17.3. The molecule has 6 rings (SSSR count). The summed E-state index contributed by atoms with van der Waals surface area (Å²) in [4.78, 5) is 40.5. The lowest BCUT2D eigenvalue weighted by molar-refractivity contribution is -0.407. The molecular formula is C43H72N2O36. The normalized spacial score (nSPS) is 47.7. The summed E-state index contributed by atoms with van der Waals surface area (Å²) < 4.78 is 62.1. The van der Waals surface area contributed by atoms with Crippen LogP contribution < -0.4 is 11.5 Å². The molecule has 0 aromatic rings. The van der Waals surface area contributed by atoms with E-state index < -0.39 is 266 Å². The summed E-state index contributed by atoms with van der Waals surface area (Å²) in [6, 6.07) is -3.14. The van der Waals surface area contributed by atoms with E-state index in [1.807, 2.05) is 0 Å². The van der Waals surface area contributed by atoms with Crippen LogP contribution in [0, 0.1) is 0 Å². The van der Waals surface area contributed by atoms with Crippen LogP contribution in [0.4, 0.5) is 0 Å². The van der Waals surface area contributed by atoms with Gasteiger partial charge >= 0.3 is 17.9 Å². The highest BCUT2D eigenvalue weighted by Gasteiger charge is 2.65. The monoisotopic (exact) mass is 1190 g/mol. The molecule has 470 valence electrons. The minimum absolute atomic E-state index is 0.773. The third-order valence-electron chi connectivity index (χ3n) is 14.8. The van der Waals surface area contributed by atoms with Gasteiger partial charge in [-0.3, -0.25) is 0 Å². The first-order chi connectivity index (χ1) is 37.9. The largest absolute Gasteiger partial charge is 0.477 e. The van der Waals surface area contributed by atoms with Crippen LogP contribution in [0.1, 0.15) is 19.3 Å². The summed E-state index contributed by atoms with van der Waals surface area (Å²) in [5.41, 5.74) is 11.7. The van der Waals surface area contributed by atoms with Crippen molar-refractivity contribution in [1.82, 2.24) is 0 Å². The van der Waals surface area contributed by atoms with Gasteiger partial charge in [0.05, 0.1) is 70.0 Å². The molecule has 26 N–H and O–H groups in total. The van der Waals surface area contributed by atoms with E-state index in [2.05, 4.69) is 0 Å². The highest BCUT2D eigenvalue weighted by Crippen LogP contribution is 2.45. The smallest absolute Gasteiger partial charge is 0.364 e. The van der Waals surface area contributed by atoms with Gasteiger partial charge in [0.15, 0.2) is 18.9 Å². The SMILES string of the molecule is N[C@@H]1[C@@H](O)[C@H](O)[C@@H](CO[C@@H]2O[C@H](CO[C@]3(C(=O)O)C[C@@H](O[C@]4(C(=O)O)C[C@@H](O[C@]5(C(=O)O)C[C@@H](O)[C@@H](O)[C@@H]([C@H](O)CO)O5)[C@@H](O)[C@@H]([C@H](O)CO)O4)[C@@H](OC4OC(C(O)CO)C(O)C(O)C4O)[C@@H]([C@H](O)CO)O3)[C@@H](O)[C@H](O)[C@H]2N)O[C@@H]1O. The Bertz CT molecular complexity index is 2080. The number of aliphatic hydroxyl groups excluding tert-OH is 19. The van der Waals surface area contributed by atoms with Gasteiger partial charge in [-0.15, -0.1) is 0 Å². The lowest BCUT2D eigenvalue weighted by Gasteiger charge is -2.53. The number of hydrogen-bond donors (Lipinski definition) is 24. The van der Waals surface area contributed by atoms with Gasteiger partial charge in [-0.25, -0.2) is 14.4 Å². The number of aliphatic hydroxyl groups is 19. The number of hydrogen-bond acceptors (Lipinski definition) is 35. The number of nitrogens with two attached hydrogens (primary N) is 2. The fourth-order valence-corrected chi connectivity index (χ4v) is 10.0. The summed E-state index contributed by atoms with van der Waals surface area (Å²) >= 11 is 0. The molecule has 0 saturated carbocycles. The van der Waals surface area contributed by atoms with Crippen LogP contribution in [0.3, 0.4) is 0 Å². The van der Waals surface area contributed by atoms with Crippen molar-refractivity contribution in [3.05, 3.63) is 0 Å². The minimum atomic E-state index is -3.67. The van der Waals surface area contributed by atoms with Crippen molar-refractivity contribution in [1.29, 1.82) is 0 Å². The Morgan fingerprint density at radius 2 is 0.926 bits per heavy atom. The molecular weight excluding hydrogens is 1120 g/mol. The van der Waals surface area contributed by atoms with Gasteiger partial charge in [0, 0.05) is 19.3 Å². The van der Waals surface area contributed by atoms with E-state index in [0.29, 0.717) is 0 Å². The van der Waals surface area contributed by atoms with Crippen molar-refractivity contribution in [2.24, 2.45) is 11.5 Å². The second-order valence-corrected chi connectivity index (χ2v) is 20.3. The summed E-state index contributed by atoms with van der Waals surface area (Å²) in [7, 11) is 0. The van der Waals surface area contributed by atoms with Gasteiger partial charge in [0.25, 0.3) is 17.4 Å². The van der Waals surface area contributed by atoms with E-state index in [1.165, 1.54) is 0 Å². The Balaban J connectivity index is 1.42. The highest BCUT2D eigenvalue weighted by atomic mass is 16.8. The number of carbonyl (C=O) groups is 3. The molecule has 0 amide bonds. The van der Waals surface area contributed by atoms with Gasteiger partial charge < -0.3 is 176 Å². The van der Waals surface area contributed by atoms with E-state index in [9.17, 15) is 127 Å². The van der Waals surface area contributed by atoms with Crippen molar-refractivity contribution in [3.63, 3.8) is 0 Å². The zero-order chi connectivity index (χ0) is 60.5. The maximum atomic E-state index is 13.8. The standard InChI is InChI=1S/C43H72N2O36/c44-19-25(59)22(56)17(73-35(19)64)8-71-36-20(45)26(60)23(57)18(74-36)9-72-41(38(65)66)3-16(34(33(81-41)14(54)7-49)76-37-29(63)27(61)28(62)30(75-37)11(51)4-46)78-43(40(69)70)2-15(24(58)32(80-43)13(53)6-48)77-42(39(67)68)1-10(50)21(55)31(79-42)12(52)5-47/h10-37,46-64H,1-9,44-45H2,(H,65,66)(H,67,68)(H,69,70)/t10-,11?,12-,13-,14-,15-,16-,17-,18-,19-,20-,21-,22-,23-,24-,25-,26-,27?,28?,29?,30?,31-,32-,33-,34-,35+,36-,37?,41-,42-,43-/m1/s1. The maximum absolute atomic E-state index is 13.8. The van der Waals surface area contributed by atoms with Gasteiger partial charge in [0.2, 0.25) is 0 Å². The number of aliphatic carboxylic acids is 3. The first kappa shape index (κ1) is 67.3. The predicted octanol–water partition coefficient (Wildman–Crippen LogP) is -15.3. The van der Waals surface area contributed by atoms with Crippen LogP contribution in [-0.4, -0.2) is 359 Å². The van der Waals surface area contributed by atoms with Crippen molar-refractivity contribution >= 4 is 17.9 Å². The maximum Gasteiger partial charge on any atom is 0.364 e. The number of carboxylic acid groups (broad SMARTS) is 3. The fraction of sp³-hybridized carbons (Fsp3) is 0.930. The third kappa shape index (κ3) is 13.7. The molecule has 6 aliphatic rings. The van der Waals surface area contributed by atoms with E-state index >= 15 is 0 Å². The molecule has 38 heteroatoms. The third-order valence-corrected chi connectivity index (χ3v) is 14.8. The van der Waals surface area contributed by atoms with E-state index in [0.717, 1.165) is 0 Å². The molecule has 0 aliphatic carbocycles. The first-order valence-electron chi connectivity index (χ1n) is 25.0. The van der Waals surface area contributed by atoms with Crippen molar-refractivity contribution in [3.8, 4) is 0 Å². The molecule has 6 heterocycles. The Morgan fingerprint density at radius 3 is 1.47 bits per heavy atom. The second kappa shape index (κ2) is 27.2. The molecule has 6 saturated heterocycles. The van der Waals surface area contributed by atoms with Crippen LogP contribution in [0.25, 0.3) is 0 Å². The Kier molecular flexibility index (Phi) is 22.6. The molecule has 0 spiro atoms. The minimum Gasteiger partial charge on any atom is -0.477 e. The highest BCUT2D eigenvalue weighted by molar-refractivity contribution is 5.77. The zero-order valence-electron chi connectivity index (χ0n) is 42.2. The molecule has 6 fully saturated rings. The summed E-state index contributed by atoms with van der Waals surface area (Å²) in [6.45, 7) is -7.33. The average Bonchev–Trinajstić information content (AvgIpc) is 3.53. The van der Waals surface area contributed by atoms with Gasteiger partial charge in [-0.2, -0.15) is 0 Å². The second-order valence-electron chi connectivity index (χ2n) is 20.3. The number of rotatable bonds is 23. The first-order valence-corrected chi connectivity index (χ1v) is 25.0. The molecule has 0 radical (unpaired) electrons. The van der Waals surface area contributed by atoms with Crippen molar-refractivity contribution in [2.75, 3.05) is 39.6 Å². The Labute approximate surface area is 455 Å². The summed E-state index contributed by atoms with van der Waals surface area (Å²) in [6.07, 6.45) is -61.6. The lowest BCUT2D eigenvalue weighted by Crippen LogP contribution is -2.71. The Morgan fingerprint density at radius 1 is 0.469 bits per heavy atom. The van der Waals surface area contributed by atoms with Crippen LogP contribution in [0.5, 0.6) is 0 Å². The van der Waals surface area contributed by atoms with Crippen LogP contribution in [0.2, 0.25) is 0 Å². The predicted molar refractivity (Wildman–Crippen MR) is 243 cm³/mol. The van der Waals surface area contributed by atoms with Gasteiger partial charge in [-0.1, -0.05) is 0 Å². The quantitative estimate of drug-likeness (QED) is 0.0452. The molecule has 38 nitrogen and oxygen atoms in total. The van der Waals surface area contributed by atoms with Gasteiger partial charge in [-0.05, 0) is 0 Å². The van der Waals surface area contributed by atoms with Crippen LogP contribution in [0.15, 0.2) is 0 Å². The summed E-state index contributed by atoms with van der Waals surface area (Å²) in [5, 5.41) is 234. The lowest BCUT2D eigenvalue weighted by atomic mass is 9.88. The topological polar surface area (TPSA) is 650 Å². The van der Waals surface area contributed by atoms with Crippen LogP contribution >= 0.6 is 0 Å². The van der Waals surface area contributed by atoms with Crippen LogP contribution in [-0.2, 0) is 66.5 Å². The van der Waals surface area contributed by atoms with Crippen molar-refractivity contribution in [2.45, 2.75) is 208 Å². The Hall–Kier alpha value is -2.87. The zero-order valence-corrected chi connectivity index (χ0v) is 42.2. The molecule has 81 heavy (non-hydrogen) atoms. The molecule has 0 bridgehead atoms. The van der Waals surface area contributed by atoms with E-state index in [-0.39, 0.29) is 0 Å². The average molecular weight is 1190 g/mol. The molecule has 0 aromatic carbocycles. The molecule has 0 aromatic heterocycles. The molecule has 6 aliphatic heterocycles. The van der Waals surface area contributed by atoms with E-state index in [1.54, 1.807) is 0 Å². The number of carboxylic acids is 3. The van der Waals surface area contributed by atoms with Gasteiger partial charge in [0.1, 0.15) is 122 Å². The molecule has 6 unspecified atom stereocenters.